The van der Waals surface area contributed by atoms with Crippen LogP contribution >= 0.6 is 11.3 Å². The predicted molar refractivity (Wildman–Crippen MR) is 63.6 cm³/mol. The molecule has 1 N–H and O–H groups in total. The highest BCUT2D eigenvalue weighted by atomic mass is 32.2. The average Bonchev–Trinajstić information content (AvgIpc) is 2.73. The number of hydrogen-bond acceptors (Lipinski definition) is 6. The Morgan fingerprint density at radius 2 is 2.06 bits per heavy atom. The Balaban J connectivity index is 2.38. The summed E-state index contributed by atoms with van der Waals surface area (Å²) in [5.74, 6) is 0.267. The second-order valence-corrected chi connectivity index (χ2v) is 6.03. The minimum atomic E-state index is -3.68. The van der Waals surface area contributed by atoms with Crippen molar-refractivity contribution in [2.24, 2.45) is 0 Å². The number of aryl methyl sites for hydroxylation is 3. The van der Waals surface area contributed by atoms with Crippen molar-refractivity contribution >= 4 is 26.5 Å². The topological polar surface area (TPSA) is 85.1 Å². The van der Waals surface area contributed by atoms with E-state index in [1.807, 2.05) is 0 Å². The van der Waals surface area contributed by atoms with Crippen molar-refractivity contribution in [3.63, 3.8) is 0 Å². The maximum atomic E-state index is 12.1. The van der Waals surface area contributed by atoms with Crippen LogP contribution in [0.4, 0.5) is 5.13 Å². The summed E-state index contributed by atoms with van der Waals surface area (Å²) in [5, 5.41) is 5.72. The molecule has 0 unspecified atom stereocenters. The molecular formula is C9H11N3O3S2. The van der Waals surface area contributed by atoms with Gasteiger partial charge in [0.1, 0.15) is 5.69 Å². The van der Waals surface area contributed by atoms with Crippen LogP contribution in [0.5, 0.6) is 0 Å². The zero-order valence-corrected chi connectivity index (χ0v) is 11.1. The van der Waals surface area contributed by atoms with E-state index in [1.54, 1.807) is 26.2 Å². The number of aromatic nitrogens is 2. The lowest BCUT2D eigenvalue weighted by atomic mass is 10.4. The van der Waals surface area contributed by atoms with Gasteiger partial charge in [-0.1, -0.05) is 5.16 Å². The SMILES string of the molecule is Cc1csc(NS(=O)(=O)c2c(C)noc2C)n1. The Hall–Kier alpha value is -1.41. The van der Waals surface area contributed by atoms with Gasteiger partial charge in [0.15, 0.2) is 15.8 Å². The van der Waals surface area contributed by atoms with Crippen LogP contribution in [0.1, 0.15) is 17.1 Å². The molecule has 0 aliphatic rings. The quantitative estimate of drug-likeness (QED) is 0.922. The Bertz CT molecular complexity index is 623. The van der Waals surface area contributed by atoms with Gasteiger partial charge in [-0.25, -0.2) is 13.4 Å². The summed E-state index contributed by atoms with van der Waals surface area (Å²) in [7, 11) is -3.68. The zero-order chi connectivity index (χ0) is 12.6. The summed E-state index contributed by atoms with van der Waals surface area (Å²) in [6.45, 7) is 4.93. The fourth-order valence-electron chi connectivity index (χ4n) is 1.43. The molecular weight excluding hydrogens is 262 g/mol. The molecule has 0 saturated heterocycles. The number of nitrogens with one attached hydrogen (secondary N) is 1. The molecule has 0 aliphatic carbocycles. The standard InChI is InChI=1S/C9H11N3O3S2/c1-5-4-16-9(10-5)12-17(13,14)8-6(2)11-15-7(8)3/h4H,1-3H3,(H,10,12). The molecule has 2 aromatic heterocycles. The molecule has 0 atom stereocenters. The van der Waals surface area contributed by atoms with Gasteiger partial charge in [-0.3, -0.25) is 4.72 Å². The molecule has 17 heavy (non-hydrogen) atoms. The van der Waals surface area contributed by atoms with Gasteiger partial charge in [0.25, 0.3) is 10.0 Å². The van der Waals surface area contributed by atoms with E-state index >= 15 is 0 Å². The monoisotopic (exact) mass is 273 g/mol. The van der Waals surface area contributed by atoms with Crippen LogP contribution in [0.15, 0.2) is 14.8 Å². The maximum Gasteiger partial charge on any atom is 0.269 e. The lowest BCUT2D eigenvalue weighted by Crippen LogP contribution is -2.14. The molecule has 6 nitrogen and oxygen atoms in total. The number of thiazole rings is 1. The summed E-state index contributed by atoms with van der Waals surface area (Å²) in [6.07, 6.45) is 0. The van der Waals surface area contributed by atoms with Crippen molar-refractivity contribution in [2.75, 3.05) is 4.72 Å². The highest BCUT2D eigenvalue weighted by Gasteiger charge is 2.24. The first-order valence-electron chi connectivity index (χ1n) is 4.78. The van der Waals surface area contributed by atoms with Crippen molar-refractivity contribution in [3.05, 3.63) is 22.5 Å². The third-order valence-corrected chi connectivity index (χ3v) is 4.66. The molecule has 2 rings (SSSR count). The molecule has 92 valence electrons. The number of rotatable bonds is 3. The van der Waals surface area contributed by atoms with Crippen LogP contribution in [-0.2, 0) is 10.0 Å². The molecule has 2 heterocycles. The molecule has 0 saturated carbocycles. The number of sulfonamides is 1. The van der Waals surface area contributed by atoms with Gasteiger partial charge in [0, 0.05) is 5.38 Å². The van der Waals surface area contributed by atoms with Crippen LogP contribution in [0, 0.1) is 20.8 Å². The molecule has 0 aromatic carbocycles. The van der Waals surface area contributed by atoms with Crippen molar-refractivity contribution in [1.29, 1.82) is 0 Å². The summed E-state index contributed by atoms with van der Waals surface area (Å²) in [4.78, 5) is 4.12. The Morgan fingerprint density at radius 1 is 1.35 bits per heavy atom. The molecule has 0 spiro atoms. The Morgan fingerprint density at radius 3 is 2.53 bits per heavy atom. The molecule has 2 aromatic rings. The van der Waals surface area contributed by atoms with Gasteiger partial charge in [0.05, 0.1) is 5.69 Å². The van der Waals surface area contributed by atoms with Gasteiger partial charge in [-0.05, 0) is 20.8 Å². The normalized spacial score (nSPS) is 11.7. The van der Waals surface area contributed by atoms with Crippen LogP contribution in [0.2, 0.25) is 0 Å². The van der Waals surface area contributed by atoms with E-state index in [0.29, 0.717) is 10.8 Å². The summed E-state index contributed by atoms with van der Waals surface area (Å²) in [6, 6.07) is 0. The lowest BCUT2D eigenvalue weighted by Gasteiger charge is -2.03. The smallest absolute Gasteiger partial charge is 0.269 e. The third kappa shape index (κ3) is 2.32. The van der Waals surface area contributed by atoms with Crippen molar-refractivity contribution in [2.45, 2.75) is 25.7 Å². The second-order valence-electron chi connectivity index (χ2n) is 3.55. The van der Waals surface area contributed by atoms with Gasteiger partial charge in [-0.2, -0.15) is 0 Å². The Kier molecular flexibility index (Phi) is 2.92. The first-order valence-corrected chi connectivity index (χ1v) is 7.14. The number of hydrogen-bond donors (Lipinski definition) is 1. The first-order chi connectivity index (χ1) is 7.90. The minimum Gasteiger partial charge on any atom is -0.360 e. The van der Waals surface area contributed by atoms with E-state index in [2.05, 4.69) is 14.9 Å². The predicted octanol–water partition coefficient (Wildman–Crippen LogP) is 1.86. The third-order valence-electron chi connectivity index (χ3n) is 2.08. The summed E-state index contributed by atoms with van der Waals surface area (Å²) in [5.41, 5.74) is 1.11. The molecule has 0 amide bonds. The van der Waals surface area contributed by atoms with Gasteiger partial charge >= 0.3 is 0 Å². The second kappa shape index (κ2) is 4.11. The van der Waals surface area contributed by atoms with Gasteiger partial charge < -0.3 is 4.52 Å². The fourth-order valence-corrected chi connectivity index (χ4v) is 3.70. The summed E-state index contributed by atoms with van der Waals surface area (Å²) < 4.78 is 31.4. The molecule has 8 heteroatoms. The summed E-state index contributed by atoms with van der Waals surface area (Å²) >= 11 is 1.23. The van der Waals surface area contributed by atoms with Crippen LogP contribution < -0.4 is 4.72 Å². The van der Waals surface area contributed by atoms with Crippen molar-refractivity contribution in [3.8, 4) is 0 Å². The van der Waals surface area contributed by atoms with Gasteiger partial charge in [-0.15, -0.1) is 11.3 Å². The maximum absolute atomic E-state index is 12.1. The van der Waals surface area contributed by atoms with Crippen molar-refractivity contribution < 1.29 is 12.9 Å². The minimum absolute atomic E-state index is 0.0744. The average molecular weight is 273 g/mol. The zero-order valence-electron chi connectivity index (χ0n) is 9.51. The molecule has 0 bridgehead atoms. The van der Waals surface area contributed by atoms with Gasteiger partial charge in [0.2, 0.25) is 0 Å². The van der Waals surface area contributed by atoms with Crippen molar-refractivity contribution in [1.82, 2.24) is 10.1 Å². The van der Waals surface area contributed by atoms with Crippen LogP contribution in [0.25, 0.3) is 0 Å². The number of nitrogens with zero attached hydrogens (tertiary/aromatic N) is 2. The molecule has 0 fully saturated rings. The van der Waals surface area contributed by atoms with E-state index < -0.39 is 10.0 Å². The van der Waals surface area contributed by atoms with Crippen LogP contribution in [-0.4, -0.2) is 18.6 Å². The first kappa shape index (κ1) is 12.1. The largest absolute Gasteiger partial charge is 0.360 e. The Labute approximate surface area is 103 Å². The fraction of sp³-hybridized carbons (Fsp3) is 0.333. The highest BCUT2D eigenvalue weighted by Crippen LogP contribution is 2.23. The molecule has 0 radical (unpaired) electrons. The van der Waals surface area contributed by atoms with E-state index in [0.717, 1.165) is 5.69 Å². The van der Waals surface area contributed by atoms with E-state index in [1.165, 1.54) is 11.3 Å². The molecule has 0 aliphatic heterocycles. The highest BCUT2D eigenvalue weighted by molar-refractivity contribution is 7.93. The number of anilines is 1. The van der Waals surface area contributed by atoms with E-state index in [4.69, 9.17) is 4.52 Å². The van der Waals surface area contributed by atoms with E-state index in [-0.39, 0.29) is 10.7 Å². The van der Waals surface area contributed by atoms with Crippen LogP contribution in [0.3, 0.4) is 0 Å². The lowest BCUT2D eigenvalue weighted by molar-refractivity contribution is 0.390. The van der Waals surface area contributed by atoms with E-state index in [9.17, 15) is 8.42 Å².